The van der Waals surface area contributed by atoms with Crippen molar-refractivity contribution in [3.8, 4) is 5.75 Å². The van der Waals surface area contributed by atoms with Gasteiger partial charge in [-0.3, -0.25) is 4.79 Å². The minimum absolute atomic E-state index is 0.0822. The second kappa shape index (κ2) is 7.97. The van der Waals surface area contributed by atoms with Gasteiger partial charge in [-0.05, 0) is 78.0 Å². The van der Waals surface area contributed by atoms with Crippen molar-refractivity contribution >= 4 is 16.9 Å². The Morgan fingerprint density at radius 2 is 1.77 bits per heavy atom. The average Bonchev–Trinajstić information content (AvgIpc) is 2.65. The van der Waals surface area contributed by atoms with Crippen LogP contribution in [0.25, 0.3) is 11.0 Å². The maximum absolute atomic E-state index is 12.8. The first kappa shape index (κ1) is 21.9. The third-order valence-corrected chi connectivity index (χ3v) is 6.55. The van der Waals surface area contributed by atoms with Crippen LogP contribution in [0.3, 0.4) is 0 Å². The Hall–Kier alpha value is -2.34. The lowest BCUT2D eigenvalue weighted by atomic mass is 9.79. The molecular formula is C25H35N2O4+. The summed E-state index contributed by atoms with van der Waals surface area (Å²) in [6, 6.07) is 5.67. The maximum atomic E-state index is 12.8. The predicted octanol–water partition coefficient (Wildman–Crippen LogP) is 2.84. The molecule has 1 atom stereocenters. The molecule has 0 spiro atoms. The van der Waals surface area contributed by atoms with E-state index in [1.165, 1.54) is 0 Å². The van der Waals surface area contributed by atoms with Crippen molar-refractivity contribution in [1.29, 1.82) is 0 Å². The lowest BCUT2D eigenvalue weighted by Crippen LogP contribution is -3.06. The van der Waals surface area contributed by atoms with Gasteiger partial charge in [0.15, 0.2) is 6.10 Å². The highest BCUT2D eigenvalue weighted by molar-refractivity contribution is 5.84. The molecule has 1 aromatic carbocycles. The van der Waals surface area contributed by atoms with Crippen LogP contribution < -0.4 is 21.0 Å². The van der Waals surface area contributed by atoms with Gasteiger partial charge in [0.1, 0.15) is 11.3 Å². The summed E-state index contributed by atoms with van der Waals surface area (Å²) < 4.78 is 11.5. The Morgan fingerprint density at radius 1 is 1.13 bits per heavy atom. The number of hydrogen-bond acceptors (Lipinski definition) is 4. The quantitative estimate of drug-likeness (QED) is 0.735. The number of hydrogen-bond donors (Lipinski definition) is 2. The van der Waals surface area contributed by atoms with Crippen molar-refractivity contribution in [2.75, 3.05) is 0 Å². The van der Waals surface area contributed by atoms with E-state index in [1.54, 1.807) is 13.0 Å². The first-order valence-electron chi connectivity index (χ1n) is 11.5. The molecule has 0 radical (unpaired) electrons. The number of rotatable bonds is 4. The normalized spacial score (nSPS) is 21.3. The zero-order chi connectivity index (χ0) is 22.4. The van der Waals surface area contributed by atoms with Gasteiger partial charge in [0, 0.05) is 35.9 Å². The Labute approximate surface area is 183 Å². The van der Waals surface area contributed by atoms with Gasteiger partial charge in [-0.2, -0.15) is 0 Å². The molecule has 2 aliphatic rings. The molecule has 168 valence electrons. The van der Waals surface area contributed by atoms with E-state index in [9.17, 15) is 9.59 Å². The predicted molar refractivity (Wildman–Crippen MR) is 120 cm³/mol. The summed E-state index contributed by atoms with van der Waals surface area (Å²) in [5, 5.41) is 6.55. The fourth-order valence-electron chi connectivity index (χ4n) is 5.70. The first-order valence-corrected chi connectivity index (χ1v) is 11.5. The van der Waals surface area contributed by atoms with E-state index in [1.807, 2.05) is 12.1 Å². The Bertz CT molecular complexity index is 1040. The van der Waals surface area contributed by atoms with Crippen molar-refractivity contribution in [3.63, 3.8) is 0 Å². The fourth-order valence-corrected chi connectivity index (χ4v) is 5.70. The standard InChI is InChI=1S/C25H34N2O4/c1-15(22(28)26-16-13-24(2,3)27-25(4,5)14-16)30-17-10-11-19-18-8-6-7-9-20(18)23(29)31-21(19)12-17/h10-12,15-16,27H,6-9,13-14H2,1-5H3,(H,26,28)/p+1/t15-/m1/s1. The van der Waals surface area contributed by atoms with Crippen molar-refractivity contribution in [2.24, 2.45) is 0 Å². The number of amides is 1. The maximum Gasteiger partial charge on any atom is 0.339 e. The number of fused-ring (bicyclic) bond motifs is 3. The SMILES string of the molecule is C[C@@H](Oc1ccc2c3c(c(=O)oc2c1)CCCC3)C(=O)NC1CC(C)(C)[NH2+]C(C)(C)C1. The third kappa shape index (κ3) is 4.79. The number of quaternary nitrogens is 1. The summed E-state index contributed by atoms with van der Waals surface area (Å²) in [5.74, 6) is 0.414. The summed E-state index contributed by atoms with van der Waals surface area (Å²) in [4.78, 5) is 25.2. The molecule has 1 aliphatic carbocycles. The van der Waals surface area contributed by atoms with Crippen LogP contribution in [0.1, 0.15) is 71.4 Å². The molecule has 0 saturated carbocycles. The molecule has 31 heavy (non-hydrogen) atoms. The Kier molecular flexibility index (Phi) is 5.63. The number of piperidine rings is 1. The molecule has 2 aromatic rings. The minimum atomic E-state index is -0.640. The van der Waals surface area contributed by atoms with Gasteiger partial charge < -0.3 is 19.8 Å². The van der Waals surface area contributed by atoms with Gasteiger partial charge in [0.05, 0.1) is 11.1 Å². The van der Waals surface area contributed by atoms with E-state index in [2.05, 4.69) is 38.3 Å². The van der Waals surface area contributed by atoms with E-state index in [0.717, 1.165) is 55.0 Å². The topological polar surface area (TPSA) is 85.1 Å². The van der Waals surface area contributed by atoms with Gasteiger partial charge >= 0.3 is 5.63 Å². The molecule has 0 bridgehead atoms. The van der Waals surface area contributed by atoms with E-state index < -0.39 is 6.10 Å². The smallest absolute Gasteiger partial charge is 0.339 e. The third-order valence-electron chi connectivity index (χ3n) is 6.55. The zero-order valence-corrected chi connectivity index (χ0v) is 19.3. The summed E-state index contributed by atoms with van der Waals surface area (Å²) in [6.07, 6.45) is 5.01. The van der Waals surface area contributed by atoms with Crippen LogP contribution in [-0.4, -0.2) is 29.1 Å². The van der Waals surface area contributed by atoms with Crippen LogP contribution >= 0.6 is 0 Å². The molecule has 0 unspecified atom stereocenters. The lowest BCUT2D eigenvalue weighted by Gasteiger charge is -2.43. The van der Waals surface area contributed by atoms with Crippen LogP contribution in [0.4, 0.5) is 0 Å². The lowest BCUT2D eigenvalue weighted by molar-refractivity contribution is -0.787. The van der Waals surface area contributed by atoms with Crippen molar-refractivity contribution in [1.82, 2.24) is 5.32 Å². The largest absolute Gasteiger partial charge is 0.481 e. The molecule has 1 aliphatic heterocycles. The molecule has 1 saturated heterocycles. The summed E-state index contributed by atoms with van der Waals surface area (Å²) in [5.41, 5.74) is 2.37. The van der Waals surface area contributed by atoms with Crippen LogP contribution in [0, 0.1) is 0 Å². The van der Waals surface area contributed by atoms with Crippen LogP contribution in [0.15, 0.2) is 27.4 Å². The van der Waals surface area contributed by atoms with E-state index >= 15 is 0 Å². The van der Waals surface area contributed by atoms with Gasteiger partial charge in [-0.15, -0.1) is 0 Å². The highest BCUT2D eigenvalue weighted by Crippen LogP contribution is 2.29. The molecule has 1 amide bonds. The number of benzene rings is 1. The van der Waals surface area contributed by atoms with Gasteiger partial charge in [0.25, 0.3) is 5.91 Å². The van der Waals surface area contributed by atoms with Gasteiger partial charge in [0.2, 0.25) is 0 Å². The van der Waals surface area contributed by atoms with Gasteiger partial charge in [-0.1, -0.05) is 0 Å². The van der Waals surface area contributed by atoms with E-state index in [4.69, 9.17) is 9.15 Å². The molecule has 2 heterocycles. The number of nitrogens with two attached hydrogens (primary N) is 1. The van der Waals surface area contributed by atoms with E-state index in [-0.39, 0.29) is 28.7 Å². The summed E-state index contributed by atoms with van der Waals surface area (Å²) >= 11 is 0. The zero-order valence-electron chi connectivity index (χ0n) is 19.3. The highest BCUT2D eigenvalue weighted by atomic mass is 16.5. The number of nitrogens with one attached hydrogen (secondary N) is 1. The first-order chi connectivity index (χ1) is 14.5. The highest BCUT2D eigenvalue weighted by Gasteiger charge is 2.42. The molecule has 1 aromatic heterocycles. The molecule has 6 nitrogen and oxygen atoms in total. The summed E-state index contributed by atoms with van der Waals surface area (Å²) in [7, 11) is 0. The Morgan fingerprint density at radius 3 is 2.45 bits per heavy atom. The minimum Gasteiger partial charge on any atom is -0.481 e. The molecule has 6 heteroatoms. The molecular weight excluding hydrogens is 392 g/mol. The molecule has 1 fully saturated rings. The molecule has 3 N–H and O–H groups in total. The van der Waals surface area contributed by atoms with Crippen LogP contribution in [0.2, 0.25) is 0 Å². The van der Waals surface area contributed by atoms with Gasteiger partial charge in [-0.25, -0.2) is 4.79 Å². The van der Waals surface area contributed by atoms with Crippen molar-refractivity contribution in [2.45, 2.75) is 96.4 Å². The fraction of sp³-hybridized carbons (Fsp3) is 0.600. The van der Waals surface area contributed by atoms with Crippen LogP contribution in [0.5, 0.6) is 5.75 Å². The second-order valence-electron chi connectivity index (χ2n) is 10.7. The van der Waals surface area contributed by atoms with Crippen LogP contribution in [-0.2, 0) is 17.6 Å². The number of carbonyl (C=O) groups is 1. The van der Waals surface area contributed by atoms with E-state index in [0.29, 0.717) is 11.3 Å². The number of aryl methyl sites for hydroxylation is 1. The second-order valence-corrected chi connectivity index (χ2v) is 10.7. The summed E-state index contributed by atoms with van der Waals surface area (Å²) in [6.45, 7) is 10.6. The Balaban J connectivity index is 1.47. The van der Waals surface area contributed by atoms with Crippen molar-refractivity contribution in [3.05, 3.63) is 39.7 Å². The number of carbonyl (C=O) groups excluding carboxylic acids is 1. The monoisotopic (exact) mass is 427 g/mol. The van der Waals surface area contributed by atoms with Crippen molar-refractivity contribution < 1.29 is 19.3 Å². The molecule has 4 rings (SSSR count). The number of ether oxygens (including phenoxy) is 1. The average molecular weight is 428 g/mol.